The summed E-state index contributed by atoms with van der Waals surface area (Å²) in [5.41, 5.74) is 0.0871. The molecule has 3 fully saturated rings. The minimum absolute atomic E-state index is 0.0408. The molecule has 6 nitrogen and oxygen atoms in total. The predicted molar refractivity (Wildman–Crippen MR) is 111 cm³/mol. The van der Waals surface area contributed by atoms with Crippen LogP contribution in [-0.2, 0) is 16.2 Å². The summed E-state index contributed by atoms with van der Waals surface area (Å²) in [4.78, 5) is 6.46. The van der Waals surface area contributed by atoms with E-state index in [0.717, 1.165) is 30.7 Å². The maximum atomic E-state index is 13.0. The van der Waals surface area contributed by atoms with Crippen molar-refractivity contribution in [1.82, 2.24) is 14.2 Å². The van der Waals surface area contributed by atoms with Crippen LogP contribution in [0.5, 0.6) is 5.88 Å². The topological polar surface area (TPSA) is 62.7 Å². The predicted octanol–water partition coefficient (Wildman–Crippen LogP) is 3.50. The molecule has 1 aliphatic carbocycles. The number of aromatic nitrogens is 1. The van der Waals surface area contributed by atoms with Gasteiger partial charge in [-0.3, -0.25) is 4.90 Å². The van der Waals surface area contributed by atoms with Crippen LogP contribution in [0.3, 0.4) is 0 Å². The fraction of sp³-hybridized carbons (Fsp3) is 0.500. The second kappa shape index (κ2) is 8.00. The van der Waals surface area contributed by atoms with Crippen molar-refractivity contribution in [3.63, 3.8) is 0 Å². The molecule has 0 unspecified atom stereocenters. The van der Waals surface area contributed by atoms with E-state index >= 15 is 0 Å². The molecule has 2 aromatic rings. The summed E-state index contributed by atoms with van der Waals surface area (Å²) in [6.07, 6.45) is -1.73. The van der Waals surface area contributed by atoms with Crippen LogP contribution in [0.25, 0.3) is 0 Å². The Balaban J connectivity index is 1.26. The van der Waals surface area contributed by atoms with Crippen molar-refractivity contribution in [1.29, 1.82) is 0 Å². The zero-order valence-electron chi connectivity index (χ0n) is 17.3. The van der Waals surface area contributed by atoms with Crippen molar-refractivity contribution >= 4 is 10.0 Å². The largest absolute Gasteiger partial charge is 0.473 e. The highest BCUT2D eigenvalue weighted by molar-refractivity contribution is 7.89. The zero-order chi connectivity index (χ0) is 22.5. The van der Waals surface area contributed by atoms with Crippen LogP contribution < -0.4 is 4.74 Å². The van der Waals surface area contributed by atoms with E-state index in [1.807, 2.05) is 18.2 Å². The third-order valence-electron chi connectivity index (χ3n) is 6.37. The number of halogens is 3. The summed E-state index contributed by atoms with van der Waals surface area (Å²) in [5, 5.41) is 0. The number of pyridine rings is 1. The molecular formula is C22H24F3N3O3S. The first-order valence-corrected chi connectivity index (χ1v) is 12.2. The van der Waals surface area contributed by atoms with Crippen LogP contribution in [-0.4, -0.2) is 60.9 Å². The molecule has 172 valence electrons. The van der Waals surface area contributed by atoms with Gasteiger partial charge in [-0.1, -0.05) is 12.1 Å². The van der Waals surface area contributed by atoms with Gasteiger partial charge in [0.05, 0.1) is 10.5 Å². The van der Waals surface area contributed by atoms with E-state index in [1.54, 1.807) is 0 Å². The summed E-state index contributed by atoms with van der Waals surface area (Å²) < 4.78 is 72.6. The molecule has 10 heteroatoms. The SMILES string of the molecule is O=S(=O)(c1cccc(C(F)(F)F)c1)N1CCN2C[C@H](Oc3cccc(C4CC4)n3)C[C@H]2C1. The Morgan fingerprint density at radius 1 is 1.03 bits per heavy atom. The van der Waals surface area contributed by atoms with Gasteiger partial charge < -0.3 is 4.74 Å². The minimum Gasteiger partial charge on any atom is -0.473 e. The van der Waals surface area contributed by atoms with E-state index in [0.29, 0.717) is 37.4 Å². The van der Waals surface area contributed by atoms with E-state index in [2.05, 4.69) is 9.88 Å². The Hall–Kier alpha value is -2.17. The van der Waals surface area contributed by atoms with Crippen molar-refractivity contribution in [3.05, 3.63) is 53.7 Å². The number of piperazine rings is 1. The first-order chi connectivity index (χ1) is 15.2. The summed E-state index contributed by atoms with van der Waals surface area (Å²) >= 11 is 0. The number of ether oxygens (including phenoxy) is 1. The van der Waals surface area contributed by atoms with Crippen LogP contribution in [0.4, 0.5) is 13.2 Å². The molecule has 3 heterocycles. The molecular weight excluding hydrogens is 443 g/mol. The second-order valence-electron chi connectivity index (χ2n) is 8.69. The Morgan fingerprint density at radius 3 is 2.56 bits per heavy atom. The fourth-order valence-corrected chi connectivity index (χ4v) is 6.04. The highest BCUT2D eigenvalue weighted by atomic mass is 32.2. The van der Waals surface area contributed by atoms with Gasteiger partial charge in [0.15, 0.2) is 0 Å². The van der Waals surface area contributed by atoms with Gasteiger partial charge in [-0.25, -0.2) is 13.4 Å². The number of hydrogen-bond acceptors (Lipinski definition) is 5. The monoisotopic (exact) mass is 467 g/mol. The summed E-state index contributed by atoms with van der Waals surface area (Å²) in [5.74, 6) is 1.12. The lowest BCUT2D eigenvalue weighted by Gasteiger charge is -2.36. The van der Waals surface area contributed by atoms with Gasteiger partial charge in [-0.15, -0.1) is 0 Å². The van der Waals surface area contributed by atoms with Crippen LogP contribution in [0.1, 0.15) is 36.4 Å². The molecule has 1 aromatic heterocycles. The van der Waals surface area contributed by atoms with Crippen molar-refractivity contribution in [2.45, 2.75) is 48.4 Å². The number of alkyl halides is 3. The molecule has 1 aromatic carbocycles. The molecule has 3 aliphatic rings. The van der Waals surface area contributed by atoms with Gasteiger partial charge in [0, 0.05) is 56.3 Å². The molecule has 5 rings (SSSR count). The number of benzene rings is 1. The average molecular weight is 468 g/mol. The molecule has 2 atom stereocenters. The van der Waals surface area contributed by atoms with Crippen molar-refractivity contribution in [3.8, 4) is 5.88 Å². The summed E-state index contributed by atoms with van der Waals surface area (Å²) in [7, 11) is -4.01. The van der Waals surface area contributed by atoms with Crippen LogP contribution in [0.15, 0.2) is 47.4 Å². The molecule has 1 saturated carbocycles. The van der Waals surface area contributed by atoms with Gasteiger partial charge in [0.25, 0.3) is 0 Å². The number of rotatable bonds is 5. The van der Waals surface area contributed by atoms with Gasteiger partial charge in [0.1, 0.15) is 6.10 Å². The van der Waals surface area contributed by atoms with Gasteiger partial charge >= 0.3 is 6.18 Å². The van der Waals surface area contributed by atoms with E-state index in [1.165, 1.54) is 10.4 Å². The molecule has 0 amide bonds. The van der Waals surface area contributed by atoms with Crippen LogP contribution >= 0.6 is 0 Å². The summed E-state index contributed by atoms with van der Waals surface area (Å²) in [6, 6.07) is 9.70. The standard InChI is InChI=1S/C22H24F3N3O3S/c23-22(24,25)16-3-1-4-19(11-16)32(29,30)28-10-9-27-14-18(12-17(27)13-28)31-21-6-2-5-20(26-21)15-7-8-15/h1-6,11,15,17-18H,7-10,12-14H2/t17-,18+/m0/s1. The molecule has 2 aliphatic heterocycles. The number of hydrogen-bond donors (Lipinski definition) is 0. The molecule has 0 N–H and O–H groups in total. The lowest BCUT2D eigenvalue weighted by molar-refractivity contribution is -0.137. The van der Waals surface area contributed by atoms with Gasteiger partial charge in [0.2, 0.25) is 15.9 Å². The van der Waals surface area contributed by atoms with E-state index in [4.69, 9.17) is 4.74 Å². The lowest BCUT2D eigenvalue weighted by Crippen LogP contribution is -2.51. The van der Waals surface area contributed by atoms with Crippen molar-refractivity contribution < 1.29 is 26.3 Å². The molecule has 0 spiro atoms. The Morgan fingerprint density at radius 2 is 1.81 bits per heavy atom. The Kier molecular flexibility index (Phi) is 5.42. The van der Waals surface area contributed by atoms with Gasteiger partial charge in [-0.05, 0) is 37.1 Å². The van der Waals surface area contributed by atoms with Crippen LogP contribution in [0.2, 0.25) is 0 Å². The van der Waals surface area contributed by atoms with Crippen molar-refractivity contribution in [2.75, 3.05) is 26.2 Å². The summed E-state index contributed by atoms with van der Waals surface area (Å²) in [6.45, 7) is 1.65. The molecule has 32 heavy (non-hydrogen) atoms. The normalized spacial score (nSPS) is 25.0. The molecule has 2 saturated heterocycles. The van der Waals surface area contributed by atoms with E-state index < -0.39 is 21.8 Å². The quantitative estimate of drug-likeness (QED) is 0.674. The third-order valence-corrected chi connectivity index (χ3v) is 8.23. The fourth-order valence-electron chi connectivity index (χ4n) is 4.53. The second-order valence-corrected chi connectivity index (χ2v) is 10.6. The smallest absolute Gasteiger partial charge is 0.416 e. The molecule has 0 radical (unpaired) electrons. The average Bonchev–Trinajstić information content (AvgIpc) is 3.53. The Bertz CT molecular complexity index is 1100. The van der Waals surface area contributed by atoms with E-state index in [-0.39, 0.29) is 30.1 Å². The third kappa shape index (κ3) is 4.35. The maximum absolute atomic E-state index is 13.0. The number of nitrogens with zero attached hydrogens (tertiary/aromatic N) is 3. The Labute approximate surface area is 185 Å². The number of fused-ring (bicyclic) bond motifs is 1. The molecule has 0 bridgehead atoms. The van der Waals surface area contributed by atoms with Crippen LogP contribution in [0, 0.1) is 0 Å². The highest BCUT2D eigenvalue weighted by Crippen LogP contribution is 2.39. The maximum Gasteiger partial charge on any atom is 0.416 e. The minimum atomic E-state index is -4.59. The number of sulfonamides is 1. The zero-order valence-corrected chi connectivity index (χ0v) is 18.1. The van der Waals surface area contributed by atoms with Gasteiger partial charge in [-0.2, -0.15) is 17.5 Å². The lowest BCUT2D eigenvalue weighted by atomic mass is 10.2. The van der Waals surface area contributed by atoms with E-state index in [9.17, 15) is 21.6 Å². The van der Waals surface area contributed by atoms with Crippen molar-refractivity contribution in [2.24, 2.45) is 0 Å². The first-order valence-electron chi connectivity index (χ1n) is 10.8. The first kappa shape index (κ1) is 21.7. The highest BCUT2D eigenvalue weighted by Gasteiger charge is 2.41.